The van der Waals surface area contributed by atoms with E-state index in [9.17, 15) is 0 Å². The van der Waals surface area contributed by atoms with Gasteiger partial charge >= 0.3 is 7.12 Å². The van der Waals surface area contributed by atoms with E-state index in [1.54, 1.807) is 12.1 Å². The van der Waals surface area contributed by atoms with Crippen molar-refractivity contribution in [1.82, 2.24) is 4.90 Å². The molecule has 0 atom stereocenters. The van der Waals surface area contributed by atoms with Gasteiger partial charge < -0.3 is 10.0 Å². The molecule has 1 aliphatic heterocycles. The van der Waals surface area contributed by atoms with E-state index >= 15 is 0 Å². The Morgan fingerprint density at radius 2 is 1.65 bits per heavy atom. The Morgan fingerprint density at radius 3 is 2.18 bits per heavy atom. The van der Waals surface area contributed by atoms with Crippen LogP contribution in [0.3, 0.4) is 0 Å². The Labute approximate surface area is 110 Å². The predicted octanol–water partition coefficient (Wildman–Crippen LogP) is 0.563. The SMILES string of the molecule is OB(O)c1ccc(CN2CCSSCC2)cc1. The zero-order valence-electron chi connectivity index (χ0n) is 9.58. The normalized spacial score (nSPS) is 17.8. The van der Waals surface area contributed by atoms with Crippen LogP contribution in [0.1, 0.15) is 5.56 Å². The van der Waals surface area contributed by atoms with Crippen LogP contribution in [-0.2, 0) is 6.54 Å². The van der Waals surface area contributed by atoms with E-state index in [2.05, 4.69) is 4.90 Å². The molecule has 0 unspecified atom stereocenters. The molecule has 0 spiro atoms. The Kier molecular flexibility index (Phi) is 5.25. The van der Waals surface area contributed by atoms with E-state index in [1.807, 2.05) is 33.7 Å². The fourth-order valence-electron chi connectivity index (χ4n) is 1.77. The summed E-state index contributed by atoms with van der Waals surface area (Å²) in [5.41, 5.74) is 1.78. The summed E-state index contributed by atoms with van der Waals surface area (Å²) in [6.07, 6.45) is 0. The third-order valence-electron chi connectivity index (χ3n) is 2.75. The van der Waals surface area contributed by atoms with Crippen LogP contribution >= 0.6 is 21.6 Å². The highest BCUT2D eigenvalue weighted by Crippen LogP contribution is 2.24. The van der Waals surface area contributed by atoms with Crippen molar-refractivity contribution in [3.63, 3.8) is 0 Å². The maximum absolute atomic E-state index is 9.01. The third kappa shape index (κ3) is 4.23. The van der Waals surface area contributed by atoms with Gasteiger partial charge in [-0.3, -0.25) is 4.90 Å². The van der Waals surface area contributed by atoms with E-state index in [0.29, 0.717) is 5.46 Å². The summed E-state index contributed by atoms with van der Waals surface area (Å²) >= 11 is 0. The fourth-order valence-corrected chi connectivity index (χ4v) is 3.83. The van der Waals surface area contributed by atoms with Crippen LogP contribution in [0.5, 0.6) is 0 Å². The topological polar surface area (TPSA) is 43.7 Å². The first-order chi connectivity index (χ1) is 8.25. The summed E-state index contributed by atoms with van der Waals surface area (Å²) in [5.74, 6) is 2.36. The van der Waals surface area contributed by atoms with Gasteiger partial charge in [0.15, 0.2) is 0 Å². The van der Waals surface area contributed by atoms with Gasteiger partial charge in [0.05, 0.1) is 0 Å². The highest BCUT2D eigenvalue weighted by atomic mass is 33.1. The number of benzene rings is 1. The maximum Gasteiger partial charge on any atom is 0.488 e. The van der Waals surface area contributed by atoms with Crippen LogP contribution in [0, 0.1) is 0 Å². The van der Waals surface area contributed by atoms with Crippen LogP contribution in [0.2, 0.25) is 0 Å². The molecule has 0 amide bonds. The van der Waals surface area contributed by atoms with Crippen LogP contribution in [-0.4, -0.2) is 46.7 Å². The average Bonchev–Trinajstić information content (AvgIpc) is 2.58. The maximum atomic E-state index is 9.01. The highest BCUT2D eigenvalue weighted by Gasteiger charge is 2.12. The van der Waals surface area contributed by atoms with Gasteiger partial charge in [0, 0.05) is 31.1 Å². The average molecular weight is 269 g/mol. The number of nitrogens with zero attached hydrogens (tertiary/aromatic N) is 1. The Morgan fingerprint density at radius 1 is 1.06 bits per heavy atom. The van der Waals surface area contributed by atoms with Crippen LogP contribution in [0.25, 0.3) is 0 Å². The Bertz CT molecular complexity index is 340. The molecule has 2 N–H and O–H groups in total. The molecule has 1 heterocycles. The molecule has 1 saturated heterocycles. The zero-order chi connectivity index (χ0) is 12.1. The lowest BCUT2D eigenvalue weighted by atomic mass is 9.80. The molecule has 1 aromatic rings. The van der Waals surface area contributed by atoms with Gasteiger partial charge in [0.25, 0.3) is 0 Å². The minimum atomic E-state index is -1.37. The van der Waals surface area contributed by atoms with E-state index in [1.165, 1.54) is 17.1 Å². The van der Waals surface area contributed by atoms with Crippen LogP contribution < -0.4 is 5.46 Å². The molecule has 1 aromatic carbocycles. The van der Waals surface area contributed by atoms with Gasteiger partial charge in [0.1, 0.15) is 0 Å². The van der Waals surface area contributed by atoms with Gasteiger partial charge in [-0.1, -0.05) is 45.9 Å². The lowest BCUT2D eigenvalue weighted by molar-refractivity contribution is 0.302. The number of hydrogen-bond donors (Lipinski definition) is 2. The van der Waals surface area contributed by atoms with Crippen molar-refractivity contribution in [3.8, 4) is 0 Å². The Hall–Kier alpha value is -0.135. The summed E-state index contributed by atoms with van der Waals surface area (Å²) < 4.78 is 0. The molecule has 17 heavy (non-hydrogen) atoms. The zero-order valence-corrected chi connectivity index (χ0v) is 11.2. The number of rotatable bonds is 3. The molecular formula is C11H16BNO2S2. The van der Waals surface area contributed by atoms with Crippen molar-refractivity contribution < 1.29 is 10.0 Å². The molecule has 0 bridgehead atoms. The second kappa shape index (κ2) is 6.71. The summed E-state index contributed by atoms with van der Waals surface area (Å²) in [5, 5.41) is 18.0. The first kappa shape index (κ1) is 13.3. The molecular weight excluding hydrogens is 253 g/mol. The molecule has 92 valence electrons. The molecule has 1 fully saturated rings. The molecule has 1 aliphatic rings. The lowest BCUT2D eigenvalue weighted by Gasteiger charge is -2.19. The van der Waals surface area contributed by atoms with Crippen LogP contribution in [0.4, 0.5) is 0 Å². The van der Waals surface area contributed by atoms with E-state index in [0.717, 1.165) is 19.6 Å². The monoisotopic (exact) mass is 269 g/mol. The summed E-state index contributed by atoms with van der Waals surface area (Å²) in [6.45, 7) is 3.20. The van der Waals surface area contributed by atoms with Gasteiger partial charge in [-0.25, -0.2) is 0 Å². The first-order valence-electron chi connectivity index (χ1n) is 5.67. The first-order valence-corrected chi connectivity index (χ1v) is 8.16. The van der Waals surface area contributed by atoms with E-state index in [4.69, 9.17) is 10.0 Å². The van der Waals surface area contributed by atoms with E-state index < -0.39 is 7.12 Å². The quantitative estimate of drug-likeness (QED) is 0.620. The van der Waals surface area contributed by atoms with Crippen molar-refractivity contribution in [2.24, 2.45) is 0 Å². The highest BCUT2D eigenvalue weighted by molar-refractivity contribution is 8.76. The molecule has 0 aromatic heterocycles. The third-order valence-corrected chi connectivity index (χ3v) is 5.11. The van der Waals surface area contributed by atoms with Gasteiger partial charge in [0.2, 0.25) is 0 Å². The largest absolute Gasteiger partial charge is 0.488 e. The summed E-state index contributed by atoms with van der Waals surface area (Å²) in [4.78, 5) is 2.44. The summed E-state index contributed by atoms with van der Waals surface area (Å²) in [7, 11) is 2.52. The predicted molar refractivity (Wildman–Crippen MR) is 76.5 cm³/mol. The second-order valence-corrected chi connectivity index (χ2v) is 6.74. The molecule has 0 saturated carbocycles. The summed E-state index contributed by atoms with van der Waals surface area (Å²) in [6, 6.07) is 7.50. The van der Waals surface area contributed by atoms with Gasteiger partial charge in [-0.2, -0.15) is 0 Å². The van der Waals surface area contributed by atoms with Crippen molar-refractivity contribution >= 4 is 34.2 Å². The van der Waals surface area contributed by atoms with Crippen molar-refractivity contribution in [1.29, 1.82) is 0 Å². The minimum absolute atomic E-state index is 0.552. The van der Waals surface area contributed by atoms with Gasteiger partial charge in [-0.15, -0.1) is 0 Å². The second-order valence-electron chi connectivity index (χ2n) is 4.04. The number of hydrogen-bond acceptors (Lipinski definition) is 5. The molecule has 2 rings (SSSR count). The standard InChI is InChI=1S/C11H16BNO2S2/c14-12(15)11-3-1-10(2-4-11)9-13-5-7-16-17-8-6-13/h1-4,14-15H,5-9H2. The van der Waals surface area contributed by atoms with Crippen molar-refractivity contribution in [2.45, 2.75) is 6.54 Å². The van der Waals surface area contributed by atoms with Crippen molar-refractivity contribution in [3.05, 3.63) is 29.8 Å². The molecule has 6 heteroatoms. The molecule has 3 nitrogen and oxygen atoms in total. The molecule has 0 aliphatic carbocycles. The van der Waals surface area contributed by atoms with E-state index in [-0.39, 0.29) is 0 Å². The van der Waals surface area contributed by atoms with Crippen LogP contribution in [0.15, 0.2) is 24.3 Å². The molecule has 0 radical (unpaired) electrons. The minimum Gasteiger partial charge on any atom is -0.423 e. The smallest absolute Gasteiger partial charge is 0.423 e. The lowest BCUT2D eigenvalue weighted by Crippen LogP contribution is -2.30. The fraction of sp³-hybridized carbons (Fsp3) is 0.455. The van der Waals surface area contributed by atoms with Gasteiger partial charge in [-0.05, 0) is 11.0 Å². The van der Waals surface area contributed by atoms with Crippen molar-refractivity contribution in [2.75, 3.05) is 24.6 Å². The Balaban J connectivity index is 1.93.